The molecule has 2 rings (SSSR count). The fraction of sp³-hybridized carbons (Fsp3) is 0.200. The van der Waals surface area contributed by atoms with E-state index in [2.05, 4.69) is 10.5 Å². The van der Waals surface area contributed by atoms with Crippen LogP contribution in [0.2, 0.25) is 0 Å². The van der Waals surface area contributed by atoms with E-state index in [9.17, 15) is 14.4 Å². The van der Waals surface area contributed by atoms with Crippen LogP contribution in [-0.4, -0.2) is 61.2 Å². The largest absolute Gasteiger partial charge is 0.497 e. The molecule has 0 radical (unpaired) electrons. The van der Waals surface area contributed by atoms with Gasteiger partial charge in [-0.15, -0.1) is 0 Å². The van der Waals surface area contributed by atoms with Gasteiger partial charge in [0.25, 0.3) is 5.91 Å². The van der Waals surface area contributed by atoms with Crippen LogP contribution in [-0.2, 0) is 14.4 Å². The van der Waals surface area contributed by atoms with Crippen LogP contribution in [0.15, 0.2) is 47.6 Å². The van der Waals surface area contributed by atoms with Crippen molar-refractivity contribution >= 4 is 24.1 Å². The average Bonchev–Trinajstić information content (AvgIpc) is 2.75. The Balaban J connectivity index is 1.93. The predicted octanol–water partition coefficient (Wildman–Crippen LogP) is 1.15. The number of hydrogen-bond donors (Lipinski definition) is 3. The molecule has 31 heavy (non-hydrogen) atoms. The maximum absolute atomic E-state index is 11.8. The van der Waals surface area contributed by atoms with Crippen molar-refractivity contribution in [2.45, 2.75) is 0 Å². The van der Waals surface area contributed by atoms with E-state index in [0.29, 0.717) is 17.1 Å². The van der Waals surface area contributed by atoms with Gasteiger partial charge < -0.3 is 29.2 Å². The molecule has 11 heteroatoms. The molecule has 0 aliphatic carbocycles. The molecule has 0 bridgehead atoms. The Labute approximate surface area is 176 Å². The Morgan fingerprint density at radius 2 is 1.48 bits per heavy atom. The minimum atomic E-state index is -1.22. The number of carbonyl (C=O) groups is 3. The average molecular weight is 432 g/mol. The number of benzene rings is 2. The molecule has 0 saturated carbocycles. The number of amides is 1. The molecule has 3 N–H and O–H groups in total. The van der Waals surface area contributed by atoms with Crippen molar-refractivity contribution in [3.05, 3.63) is 48.0 Å². The molecule has 0 aromatic heterocycles. The number of ether oxygens (including phenoxy) is 4. The van der Waals surface area contributed by atoms with Crippen LogP contribution in [0, 0.1) is 0 Å². The normalized spacial score (nSPS) is 10.4. The molecular weight excluding hydrogens is 412 g/mol. The molecule has 0 aliphatic heterocycles. The lowest BCUT2D eigenvalue weighted by atomic mass is 10.2. The lowest BCUT2D eigenvalue weighted by molar-refractivity contribution is -0.140. The summed E-state index contributed by atoms with van der Waals surface area (Å²) in [6, 6.07) is 11.0. The quantitative estimate of drug-likeness (QED) is 0.331. The van der Waals surface area contributed by atoms with Gasteiger partial charge >= 0.3 is 11.9 Å². The molecule has 0 saturated heterocycles. The second-order valence-corrected chi connectivity index (χ2v) is 5.83. The van der Waals surface area contributed by atoms with Gasteiger partial charge in [0.05, 0.1) is 13.3 Å². The summed E-state index contributed by atoms with van der Waals surface area (Å²) in [5, 5.41) is 21.3. The van der Waals surface area contributed by atoms with Crippen molar-refractivity contribution in [3.8, 4) is 23.0 Å². The molecule has 0 heterocycles. The number of hydrogen-bond acceptors (Lipinski definition) is 8. The van der Waals surface area contributed by atoms with Gasteiger partial charge in [-0.05, 0) is 48.0 Å². The van der Waals surface area contributed by atoms with E-state index < -0.39 is 31.1 Å². The van der Waals surface area contributed by atoms with E-state index in [4.69, 9.17) is 29.2 Å². The topological polar surface area (TPSA) is 153 Å². The maximum Gasteiger partial charge on any atom is 0.341 e. The molecular formula is C20H20N2O9. The summed E-state index contributed by atoms with van der Waals surface area (Å²) in [7, 11) is 1.54. The number of carboxylic acids is 2. The first-order valence-corrected chi connectivity index (χ1v) is 8.79. The molecule has 0 unspecified atom stereocenters. The van der Waals surface area contributed by atoms with Crippen molar-refractivity contribution in [3.63, 3.8) is 0 Å². The fourth-order valence-corrected chi connectivity index (χ4v) is 2.15. The predicted molar refractivity (Wildman–Crippen MR) is 107 cm³/mol. The second-order valence-electron chi connectivity index (χ2n) is 5.83. The van der Waals surface area contributed by atoms with Gasteiger partial charge in [0.1, 0.15) is 11.5 Å². The lowest BCUT2D eigenvalue weighted by Gasteiger charge is -2.11. The molecule has 0 aliphatic rings. The summed E-state index contributed by atoms with van der Waals surface area (Å²) in [6.45, 7) is -1.54. The van der Waals surface area contributed by atoms with Crippen molar-refractivity contribution in [2.24, 2.45) is 5.10 Å². The fourth-order valence-electron chi connectivity index (χ4n) is 2.15. The third kappa shape index (κ3) is 8.31. The molecule has 0 spiro atoms. The lowest BCUT2D eigenvalue weighted by Crippen LogP contribution is -2.24. The highest BCUT2D eigenvalue weighted by atomic mass is 16.5. The zero-order valence-electron chi connectivity index (χ0n) is 16.4. The number of carboxylic acid groups (broad SMARTS) is 2. The van der Waals surface area contributed by atoms with Crippen LogP contribution in [0.4, 0.5) is 0 Å². The van der Waals surface area contributed by atoms with E-state index in [1.54, 1.807) is 31.4 Å². The monoisotopic (exact) mass is 432 g/mol. The minimum Gasteiger partial charge on any atom is -0.497 e. The van der Waals surface area contributed by atoms with E-state index >= 15 is 0 Å². The van der Waals surface area contributed by atoms with E-state index in [1.165, 1.54) is 24.4 Å². The van der Waals surface area contributed by atoms with Crippen LogP contribution in [0.5, 0.6) is 23.0 Å². The summed E-state index contributed by atoms with van der Waals surface area (Å²) in [5.41, 5.74) is 2.73. The first kappa shape index (κ1) is 23.0. The Morgan fingerprint density at radius 1 is 0.871 bits per heavy atom. The van der Waals surface area contributed by atoms with Crippen molar-refractivity contribution < 1.29 is 43.5 Å². The molecule has 164 valence electrons. The Hall–Kier alpha value is -4.28. The van der Waals surface area contributed by atoms with Crippen LogP contribution in [0.25, 0.3) is 0 Å². The SMILES string of the molecule is COc1ccc(OCC(=O)N/N=C/c2ccc(OCC(=O)O)c(OCC(=O)O)c2)cc1. The van der Waals surface area contributed by atoms with Gasteiger partial charge in [0.2, 0.25) is 0 Å². The van der Waals surface area contributed by atoms with E-state index in [1.807, 2.05) is 0 Å². The second kappa shape index (κ2) is 11.7. The number of nitrogens with one attached hydrogen (secondary N) is 1. The number of hydrazone groups is 1. The van der Waals surface area contributed by atoms with Gasteiger partial charge in [0, 0.05) is 0 Å². The zero-order chi connectivity index (χ0) is 22.6. The van der Waals surface area contributed by atoms with Crippen molar-refractivity contribution in [1.29, 1.82) is 0 Å². The van der Waals surface area contributed by atoms with Gasteiger partial charge in [0.15, 0.2) is 31.3 Å². The Bertz CT molecular complexity index is 942. The third-order valence-corrected chi connectivity index (χ3v) is 3.50. The van der Waals surface area contributed by atoms with Gasteiger partial charge in [-0.2, -0.15) is 5.10 Å². The van der Waals surface area contributed by atoms with Crippen LogP contribution < -0.4 is 24.4 Å². The Morgan fingerprint density at radius 3 is 2.10 bits per heavy atom. The first-order valence-electron chi connectivity index (χ1n) is 8.79. The van der Waals surface area contributed by atoms with Crippen molar-refractivity contribution in [2.75, 3.05) is 26.9 Å². The molecule has 0 fully saturated rings. The highest BCUT2D eigenvalue weighted by molar-refractivity contribution is 5.83. The van der Waals surface area contributed by atoms with Crippen molar-refractivity contribution in [1.82, 2.24) is 5.43 Å². The molecule has 1 amide bonds. The standard InChI is InChI=1S/C20H20N2O9/c1-28-14-3-5-15(6-4-14)29-10-18(23)22-21-9-13-2-7-16(30-11-19(24)25)17(8-13)31-12-20(26)27/h2-9H,10-12H2,1H3,(H,22,23)(H,24,25)(H,26,27)/b21-9+. The molecule has 0 atom stereocenters. The van der Waals surface area contributed by atoms with E-state index in [0.717, 1.165) is 0 Å². The summed E-state index contributed by atoms with van der Waals surface area (Å²) in [4.78, 5) is 33.2. The number of nitrogens with zero attached hydrogens (tertiary/aromatic N) is 1. The maximum atomic E-state index is 11.8. The highest BCUT2D eigenvalue weighted by Crippen LogP contribution is 2.28. The number of methoxy groups -OCH3 is 1. The molecule has 2 aromatic carbocycles. The van der Waals surface area contributed by atoms with Gasteiger partial charge in [-0.25, -0.2) is 15.0 Å². The minimum absolute atomic E-state index is 0.0155. The Kier molecular flexibility index (Phi) is 8.65. The van der Waals surface area contributed by atoms with Crippen LogP contribution in [0.1, 0.15) is 5.56 Å². The van der Waals surface area contributed by atoms with Gasteiger partial charge in [-0.3, -0.25) is 4.79 Å². The number of carbonyl (C=O) groups excluding carboxylic acids is 1. The summed E-state index contributed by atoms with van der Waals surface area (Å²) < 4.78 is 20.5. The summed E-state index contributed by atoms with van der Waals surface area (Å²) >= 11 is 0. The molecule has 2 aromatic rings. The van der Waals surface area contributed by atoms with Gasteiger partial charge in [-0.1, -0.05) is 0 Å². The summed E-state index contributed by atoms with van der Waals surface area (Å²) in [6.07, 6.45) is 1.29. The van der Waals surface area contributed by atoms with E-state index in [-0.39, 0.29) is 18.1 Å². The highest BCUT2D eigenvalue weighted by Gasteiger charge is 2.10. The smallest absolute Gasteiger partial charge is 0.341 e. The molecule has 11 nitrogen and oxygen atoms in total. The zero-order valence-corrected chi connectivity index (χ0v) is 16.4. The van der Waals surface area contributed by atoms with Crippen LogP contribution in [0.3, 0.4) is 0 Å². The number of aliphatic carboxylic acids is 2. The summed E-state index contributed by atoms with van der Waals surface area (Å²) in [5.74, 6) is -1.71. The first-order chi connectivity index (χ1) is 14.9. The third-order valence-electron chi connectivity index (χ3n) is 3.50. The number of rotatable bonds is 12. The van der Waals surface area contributed by atoms with Crippen LogP contribution >= 0.6 is 0 Å².